The number of ether oxygens (including phenoxy) is 1. The van der Waals surface area contributed by atoms with Crippen molar-refractivity contribution >= 4 is 0 Å². The zero-order valence-corrected chi connectivity index (χ0v) is 16.6. The van der Waals surface area contributed by atoms with E-state index in [0.29, 0.717) is 6.54 Å². The number of methoxy groups -OCH3 is 1. The van der Waals surface area contributed by atoms with Crippen LogP contribution in [-0.2, 0) is 6.54 Å². The first-order chi connectivity index (χ1) is 13.7. The van der Waals surface area contributed by atoms with Crippen LogP contribution in [0.1, 0.15) is 42.8 Å². The molecule has 0 amide bonds. The van der Waals surface area contributed by atoms with Crippen LogP contribution < -0.4 is 9.64 Å². The molecule has 0 radical (unpaired) electrons. The molecule has 1 aliphatic heterocycles. The summed E-state index contributed by atoms with van der Waals surface area (Å²) in [5.41, 5.74) is 2.43. The lowest BCUT2D eigenvalue weighted by molar-refractivity contribution is -0.932. The Morgan fingerprint density at radius 2 is 1.79 bits per heavy atom. The number of benzene rings is 2. The molecule has 1 aliphatic rings. The largest absolute Gasteiger partial charge is 0.497 e. The zero-order chi connectivity index (χ0) is 19.3. The molecular weight excluding hydrogens is 350 g/mol. The lowest BCUT2D eigenvalue weighted by Crippen LogP contribution is -3.13. The summed E-state index contributed by atoms with van der Waals surface area (Å²) in [6.07, 6.45) is 2.50. The van der Waals surface area contributed by atoms with Crippen molar-refractivity contribution in [3.05, 3.63) is 71.5 Å². The molecule has 1 fully saturated rings. The van der Waals surface area contributed by atoms with Crippen molar-refractivity contribution in [2.75, 3.05) is 20.2 Å². The number of aromatic nitrogens is 4. The van der Waals surface area contributed by atoms with Gasteiger partial charge in [-0.15, -0.1) is 5.10 Å². The van der Waals surface area contributed by atoms with E-state index in [9.17, 15) is 0 Å². The van der Waals surface area contributed by atoms with Crippen LogP contribution in [0.25, 0.3) is 0 Å². The van der Waals surface area contributed by atoms with Crippen molar-refractivity contribution in [1.82, 2.24) is 20.2 Å². The van der Waals surface area contributed by atoms with E-state index < -0.39 is 0 Å². The van der Waals surface area contributed by atoms with Gasteiger partial charge in [0, 0.05) is 5.56 Å². The Kier molecular flexibility index (Phi) is 5.67. The highest BCUT2D eigenvalue weighted by Crippen LogP contribution is 2.20. The summed E-state index contributed by atoms with van der Waals surface area (Å²) in [5, 5.41) is 12.8. The molecule has 0 spiro atoms. The minimum absolute atomic E-state index is 0.155. The van der Waals surface area contributed by atoms with E-state index in [1.807, 2.05) is 16.8 Å². The predicted molar refractivity (Wildman–Crippen MR) is 107 cm³/mol. The molecule has 1 saturated heterocycles. The van der Waals surface area contributed by atoms with Gasteiger partial charge in [0.25, 0.3) is 0 Å². The number of hydrogen-bond donors (Lipinski definition) is 1. The van der Waals surface area contributed by atoms with Gasteiger partial charge in [0.15, 0.2) is 6.04 Å². The lowest BCUT2D eigenvalue weighted by Gasteiger charge is -2.33. The molecular formula is C22H28N5O+. The van der Waals surface area contributed by atoms with Crippen LogP contribution in [0.15, 0.2) is 54.6 Å². The van der Waals surface area contributed by atoms with Gasteiger partial charge in [0.05, 0.1) is 26.7 Å². The van der Waals surface area contributed by atoms with Crippen LogP contribution in [0.4, 0.5) is 0 Å². The maximum atomic E-state index is 5.26. The van der Waals surface area contributed by atoms with Gasteiger partial charge in [-0.3, -0.25) is 0 Å². The second-order valence-electron chi connectivity index (χ2n) is 7.73. The quantitative estimate of drug-likeness (QED) is 0.714. The van der Waals surface area contributed by atoms with Crippen LogP contribution >= 0.6 is 0 Å². The molecule has 146 valence electrons. The van der Waals surface area contributed by atoms with E-state index in [1.54, 1.807) is 12.0 Å². The summed E-state index contributed by atoms with van der Waals surface area (Å²) in [4.78, 5) is 1.55. The lowest BCUT2D eigenvalue weighted by atomic mass is 9.95. The van der Waals surface area contributed by atoms with Crippen molar-refractivity contribution < 1.29 is 9.64 Å². The highest BCUT2D eigenvalue weighted by Gasteiger charge is 2.33. The first-order valence-corrected chi connectivity index (χ1v) is 10.0. The molecule has 2 aromatic carbocycles. The van der Waals surface area contributed by atoms with Crippen LogP contribution in [0.3, 0.4) is 0 Å². The number of tetrazole rings is 1. The number of rotatable bonds is 6. The van der Waals surface area contributed by atoms with Crippen molar-refractivity contribution in [1.29, 1.82) is 0 Å². The predicted octanol–water partition coefficient (Wildman–Crippen LogP) is 2.13. The Morgan fingerprint density at radius 3 is 2.46 bits per heavy atom. The minimum Gasteiger partial charge on any atom is -0.497 e. The highest BCUT2D eigenvalue weighted by molar-refractivity contribution is 5.28. The number of piperidine rings is 1. The first-order valence-electron chi connectivity index (χ1n) is 10.0. The SMILES string of the molecule is COc1ccc(Cn2nnnc2[C@@H](c2ccccc2)[NH+]2CCC(C)CC2)cc1. The third-order valence-corrected chi connectivity index (χ3v) is 5.77. The second-order valence-corrected chi connectivity index (χ2v) is 7.73. The number of nitrogens with one attached hydrogen (secondary N) is 1. The Balaban J connectivity index is 1.64. The molecule has 1 N–H and O–H groups in total. The van der Waals surface area contributed by atoms with Crippen LogP contribution in [0.5, 0.6) is 5.75 Å². The van der Waals surface area contributed by atoms with E-state index in [1.165, 1.54) is 18.4 Å². The van der Waals surface area contributed by atoms with Crippen LogP contribution in [-0.4, -0.2) is 40.4 Å². The van der Waals surface area contributed by atoms with Gasteiger partial charge in [0.1, 0.15) is 5.75 Å². The Labute approximate surface area is 166 Å². The van der Waals surface area contributed by atoms with Crippen molar-refractivity contribution in [3.63, 3.8) is 0 Å². The smallest absolute Gasteiger partial charge is 0.214 e. The van der Waals surface area contributed by atoms with E-state index in [0.717, 1.165) is 36.1 Å². The number of quaternary nitrogens is 1. The maximum absolute atomic E-state index is 5.26. The molecule has 0 aliphatic carbocycles. The summed E-state index contributed by atoms with van der Waals surface area (Å²) in [7, 11) is 1.68. The van der Waals surface area contributed by atoms with Gasteiger partial charge in [-0.2, -0.15) is 0 Å². The molecule has 0 saturated carbocycles. The Hall–Kier alpha value is -2.73. The summed E-state index contributed by atoms with van der Waals surface area (Å²) in [6.45, 7) is 5.30. The Bertz CT molecular complexity index is 869. The third kappa shape index (κ3) is 4.07. The van der Waals surface area contributed by atoms with E-state index in [2.05, 4.69) is 64.9 Å². The Morgan fingerprint density at radius 1 is 1.07 bits per heavy atom. The van der Waals surface area contributed by atoms with Crippen molar-refractivity contribution in [2.45, 2.75) is 32.4 Å². The monoisotopic (exact) mass is 378 g/mol. The normalized spacial score (nSPS) is 20.6. The van der Waals surface area contributed by atoms with Crippen LogP contribution in [0.2, 0.25) is 0 Å². The van der Waals surface area contributed by atoms with E-state index in [4.69, 9.17) is 4.74 Å². The number of likely N-dealkylation sites (tertiary alicyclic amines) is 1. The molecule has 2 heterocycles. The standard InChI is InChI=1S/C22H27N5O/c1-17-12-14-26(15-13-17)21(19-6-4-3-5-7-19)22-23-24-25-27(22)16-18-8-10-20(28-2)11-9-18/h3-11,17,21H,12-16H2,1-2H3/p+1/t21-/m1/s1. The van der Waals surface area contributed by atoms with Gasteiger partial charge in [-0.25, -0.2) is 4.68 Å². The maximum Gasteiger partial charge on any atom is 0.214 e. The minimum atomic E-state index is 0.155. The topological polar surface area (TPSA) is 57.3 Å². The van der Waals surface area contributed by atoms with Crippen molar-refractivity contribution in [2.24, 2.45) is 5.92 Å². The number of nitrogens with zero attached hydrogens (tertiary/aromatic N) is 4. The molecule has 0 unspecified atom stereocenters. The summed E-state index contributed by atoms with van der Waals surface area (Å²) < 4.78 is 7.21. The molecule has 3 aromatic rings. The van der Waals surface area contributed by atoms with Gasteiger partial charge in [0.2, 0.25) is 5.82 Å². The molecule has 6 nitrogen and oxygen atoms in total. The molecule has 0 bridgehead atoms. The van der Waals surface area contributed by atoms with E-state index in [-0.39, 0.29) is 6.04 Å². The first kappa shape index (κ1) is 18.6. The zero-order valence-electron chi connectivity index (χ0n) is 16.6. The average molecular weight is 379 g/mol. The fourth-order valence-corrected chi connectivity index (χ4v) is 4.07. The molecule has 28 heavy (non-hydrogen) atoms. The highest BCUT2D eigenvalue weighted by atomic mass is 16.5. The summed E-state index contributed by atoms with van der Waals surface area (Å²) in [5.74, 6) is 2.59. The van der Waals surface area contributed by atoms with Gasteiger partial charge >= 0.3 is 0 Å². The van der Waals surface area contributed by atoms with E-state index >= 15 is 0 Å². The summed E-state index contributed by atoms with van der Waals surface area (Å²) in [6, 6.07) is 18.9. The molecule has 4 rings (SSSR count). The third-order valence-electron chi connectivity index (χ3n) is 5.77. The molecule has 1 atom stereocenters. The van der Waals surface area contributed by atoms with Crippen LogP contribution in [0, 0.1) is 5.92 Å². The van der Waals surface area contributed by atoms with Gasteiger partial charge < -0.3 is 9.64 Å². The van der Waals surface area contributed by atoms with Crippen molar-refractivity contribution in [3.8, 4) is 5.75 Å². The average Bonchev–Trinajstić information content (AvgIpc) is 3.19. The fraction of sp³-hybridized carbons (Fsp3) is 0.409. The second kappa shape index (κ2) is 8.52. The number of hydrogen-bond acceptors (Lipinski definition) is 4. The molecule has 6 heteroatoms. The molecule has 1 aromatic heterocycles. The fourth-order valence-electron chi connectivity index (χ4n) is 4.07. The van der Waals surface area contributed by atoms with Gasteiger partial charge in [-0.1, -0.05) is 49.4 Å². The summed E-state index contributed by atoms with van der Waals surface area (Å²) >= 11 is 0. The van der Waals surface area contributed by atoms with Gasteiger partial charge in [-0.05, 0) is 46.9 Å².